The Labute approximate surface area is 118 Å². The standard InChI is InChI=1S/C15H31N3O/c1-3-12-7-5-6-8-13(12)15(17-16)14-11-18(4-2)9-10-19-14/h12-15,17H,3-11,16H2,1-2H3. The Kier molecular flexibility index (Phi) is 6.07. The number of hydrogen-bond acceptors (Lipinski definition) is 4. The third-order valence-corrected chi connectivity index (χ3v) is 5.17. The van der Waals surface area contributed by atoms with Gasteiger partial charge in [-0.15, -0.1) is 0 Å². The first kappa shape index (κ1) is 15.2. The molecule has 0 aromatic heterocycles. The lowest BCUT2D eigenvalue weighted by atomic mass is 9.72. The fraction of sp³-hybridized carbons (Fsp3) is 1.00. The Balaban J connectivity index is 2.00. The van der Waals surface area contributed by atoms with E-state index in [-0.39, 0.29) is 6.10 Å². The van der Waals surface area contributed by atoms with Crippen molar-refractivity contribution in [3.63, 3.8) is 0 Å². The summed E-state index contributed by atoms with van der Waals surface area (Å²) < 4.78 is 6.02. The van der Waals surface area contributed by atoms with Crippen LogP contribution in [0, 0.1) is 11.8 Å². The van der Waals surface area contributed by atoms with Crippen LogP contribution in [0.4, 0.5) is 0 Å². The van der Waals surface area contributed by atoms with Gasteiger partial charge in [0.05, 0.1) is 18.8 Å². The van der Waals surface area contributed by atoms with E-state index in [9.17, 15) is 0 Å². The number of morpholine rings is 1. The van der Waals surface area contributed by atoms with Crippen LogP contribution >= 0.6 is 0 Å². The van der Waals surface area contributed by atoms with Crippen LogP contribution < -0.4 is 11.3 Å². The van der Waals surface area contributed by atoms with Crippen LogP contribution in [0.3, 0.4) is 0 Å². The van der Waals surface area contributed by atoms with Gasteiger partial charge in [0.1, 0.15) is 0 Å². The molecule has 2 aliphatic rings. The topological polar surface area (TPSA) is 50.5 Å². The van der Waals surface area contributed by atoms with E-state index < -0.39 is 0 Å². The quantitative estimate of drug-likeness (QED) is 0.590. The summed E-state index contributed by atoms with van der Waals surface area (Å²) in [4.78, 5) is 2.47. The van der Waals surface area contributed by atoms with Gasteiger partial charge in [-0.1, -0.05) is 39.5 Å². The average Bonchev–Trinajstić information content (AvgIpc) is 2.49. The van der Waals surface area contributed by atoms with Crippen LogP contribution in [0.5, 0.6) is 0 Å². The van der Waals surface area contributed by atoms with E-state index in [1.807, 2.05) is 0 Å². The van der Waals surface area contributed by atoms with Crippen molar-refractivity contribution in [3.05, 3.63) is 0 Å². The van der Waals surface area contributed by atoms with Crippen LogP contribution in [0.2, 0.25) is 0 Å². The molecule has 0 radical (unpaired) electrons. The molecular weight excluding hydrogens is 238 g/mol. The van der Waals surface area contributed by atoms with Gasteiger partial charge in [0.15, 0.2) is 0 Å². The zero-order valence-corrected chi connectivity index (χ0v) is 12.6. The highest BCUT2D eigenvalue weighted by Gasteiger charge is 2.37. The molecule has 0 amide bonds. The minimum absolute atomic E-state index is 0.260. The summed E-state index contributed by atoms with van der Waals surface area (Å²) in [5.74, 6) is 7.39. The monoisotopic (exact) mass is 269 g/mol. The number of rotatable bonds is 5. The Morgan fingerprint density at radius 2 is 2.11 bits per heavy atom. The summed E-state index contributed by atoms with van der Waals surface area (Å²) in [6.07, 6.45) is 6.94. The molecule has 112 valence electrons. The summed E-state index contributed by atoms with van der Waals surface area (Å²) in [7, 11) is 0. The number of hydrogen-bond donors (Lipinski definition) is 2. The van der Waals surface area contributed by atoms with Gasteiger partial charge in [-0.25, -0.2) is 0 Å². The maximum atomic E-state index is 6.02. The van der Waals surface area contributed by atoms with E-state index in [0.717, 1.165) is 32.2 Å². The fourth-order valence-corrected chi connectivity index (χ4v) is 3.96. The Morgan fingerprint density at radius 1 is 1.32 bits per heavy atom. The van der Waals surface area contributed by atoms with E-state index in [0.29, 0.717) is 12.0 Å². The molecule has 1 saturated carbocycles. The molecule has 2 rings (SSSR count). The molecule has 2 fully saturated rings. The first-order chi connectivity index (χ1) is 9.30. The maximum absolute atomic E-state index is 6.02. The van der Waals surface area contributed by atoms with Crippen molar-refractivity contribution in [2.45, 2.75) is 58.1 Å². The molecule has 0 aromatic carbocycles. The highest BCUT2D eigenvalue weighted by Crippen LogP contribution is 2.36. The molecule has 4 heteroatoms. The van der Waals surface area contributed by atoms with Crippen LogP contribution in [-0.4, -0.2) is 43.3 Å². The van der Waals surface area contributed by atoms with Gasteiger partial charge in [-0.2, -0.15) is 0 Å². The second kappa shape index (κ2) is 7.58. The summed E-state index contributed by atoms with van der Waals surface area (Å²) in [6, 6.07) is 0.319. The predicted molar refractivity (Wildman–Crippen MR) is 78.7 cm³/mol. The van der Waals surface area contributed by atoms with E-state index in [1.165, 1.54) is 32.1 Å². The first-order valence-corrected chi connectivity index (χ1v) is 8.10. The number of nitrogens with two attached hydrogens (primary N) is 1. The summed E-state index contributed by atoms with van der Waals surface area (Å²) in [5.41, 5.74) is 3.10. The SMILES string of the molecule is CCC1CCCCC1C(NN)C1CN(CC)CCO1. The molecular formula is C15H31N3O. The minimum Gasteiger partial charge on any atom is -0.374 e. The highest BCUT2D eigenvalue weighted by molar-refractivity contribution is 4.91. The molecule has 0 bridgehead atoms. The number of likely N-dealkylation sites (N-methyl/N-ethyl adjacent to an activating group) is 1. The Morgan fingerprint density at radius 3 is 2.79 bits per heavy atom. The Hall–Kier alpha value is -0.160. The molecule has 19 heavy (non-hydrogen) atoms. The van der Waals surface area contributed by atoms with Crippen molar-refractivity contribution in [1.29, 1.82) is 0 Å². The van der Waals surface area contributed by atoms with Crippen LogP contribution in [-0.2, 0) is 4.74 Å². The third kappa shape index (κ3) is 3.69. The van der Waals surface area contributed by atoms with Gasteiger partial charge >= 0.3 is 0 Å². The smallest absolute Gasteiger partial charge is 0.0871 e. The first-order valence-electron chi connectivity index (χ1n) is 8.10. The van der Waals surface area contributed by atoms with Crippen molar-refractivity contribution >= 4 is 0 Å². The molecule has 3 N–H and O–H groups in total. The lowest BCUT2D eigenvalue weighted by Gasteiger charge is -2.43. The molecule has 1 aliphatic carbocycles. The molecule has 1 heterocycles. The molecule has 0 aromatic rings. The van der Waals surface area contributed by atoms with Crippen LogP contribution in [0.1, 0.15) is 46.0 Å². The highest BCUT2D eigenvalue weighted by atomic mass is 16.5. The zero-order chi connectivity index (χ0) is 13.7. The molecule has 1 saturated heterocycles. The van der Waals surface area contributed by atoms with Gasteiger partial charge in [0.2, 0.25) is 0 Å². The normalized spacial score (nSPS) is 35.2. The van der Waals surface area contributed by atoms with E-state index in [2.05, 4.69) is 24.2 Å². The van der Waals surface area contributed by atoms with Gasteiger partial charge < -0.3 is 4.74 Å². The number of hydrazine groups is 1. The van der Waals surface area contributed by atoms with Gasteiger partial charge in [0, 0.05) is 13.1 Å². The van der Waals surface area contributed by atoms with Crippen molar-refractivity contribution < 1.29 is 4.74 Å². The lowest BCUT2D eigenvalue weighted by Crippen LogP contribution is -2.58. The second-order valence-corrected chi connectivity index (χ2v) is 6.11. The van der Waals surface area contributed by atoms with Crippen LogP contribution in [0.25, 0.3) is 0 Å². The molecule has 4 atom stereocenters. The molecule has 1 aliphatic heterocycles. The van der Waals surface area contributed by atoms with Gasteiger partial charge in [-0.3, -0.25) is 16.2 Å². The van der Waals surface area contributed by atoms with Crippen molar-refractivity contribution in [2.24, 2.45) is 17.7 Å². The maximum Gasteiger partial charge on any atom is 0.0871 e. The van der Waals surface area contributed by atoms with E-state index in [1.54, 1.807) is 0 Å². The summed E-state index contributed by atoms with van der Waals surface area (Å²) in [5, 5.41) is 0. The molecule has 4 unspecified atom stereocenters. The minimum atomic E-state index is 0.260. The third-order valence-electron chi connectivity index (χ3n) is 5.17. The average molecular weight is 269 g/mol. The molecule has 4 nitrogen and oxygen atoms in total. The van der Waals surface area contributed by atoms with Crippen molar-refractivity contribution in [3.8, 4) is 0 Å². The summed E-state index contributed by atoms with van der Waals surface area (Å²) >= 11 is 0. The largest absolute Gasteiger partial charge is 0.374 e. The Bertz CT molecular complexity index is 262. The fourth-order valence-electron chi connectivity index (χ4n) is 3.96. The van der Waals surface area contributed by atoms with E-state index in [4.69, 9.17) is 10.6 Å². The van der Waals surface area contributed by atoms with Gasteiger partial charge in [0.25, 0.3) is 0 Å². The van der Waals surface area contributed by atoms with Crippen molar-refractivity contribution in [1.82, 2.24) is 10.3 Å². The number of nitrogens with zero attached hydrogens (tertiary/aromatic N) is 1. The van der Waals surface area contributed by atoms with Crippen LogP contribution in [0.15, 0.2) is 0 Å². The number of nitrogens with one attached hydrogen (secondary N) is 1. The summed E-state index contributed by atoms with van der Waals surface area (Å²) in [6.45, 7) is 8.59. The predicted octanol–water partition coefficient (Wildman–Crippen LogP) is 1.76. The van der Waals surface area contributed by atoms with Crippen molar-refractivity contribution in [2.75, 3.05) is 26.2 Å². The number of ether oxygens (including phenoxy) is 1. The second-order valence-electron chi connectivity index (χ2n) is 6.11. The molecule has 0 spiro atoms. The van der Waals surface area contributed by atoms with E-state index >= 15 is 0 Å². The lowest BCUT2D eigenvalue weighted by molar-refractivity contribution is -0.0642. The zero-order valence-electron chi connectivity index (χ0n) is 12.6. The van der Waals surface area contributed by atoms with Gasteiger partial charge in [-0.05, 0) is 24.8 Å².